The summed E-state index contributed by atoms with van der Waals surface area (Å²) in [5, 5.41) is 10.3. The van der Waals surface area contributed by atoms with Crippen LogP contribution < -0.4 is 32.0 Å². The molecule has 0 aliphatic carbocycles. The number of aromatic nitrogens is 1. The summed E-state index contributed by atoms with van der Waals surface area (Å²) in [5.41, 5.74) is 17.3. The Morgan fingerprint density at radius 1 is 1.10 bits per heavy atom. The number of carbonyl (C=O) groups is 2. The molecular formula is C37H47N9O3. The molecule has 12 heteroatoms. The van der Waals surface area contributed by atoms with E-state index < -0.39 is 0 Å². The number of likely N-dealkylation sites (tertiary alicyclic amines) is 1. The largest absolute Gasteiger partial charge is 0.475 e. The van der Waals surface area contributed by atoms with Crippen molar-refractivity contribution in [1.29, 1.82) is 5.41 Å². The summed E-state index contributed by atoms with van der Waals surface area (Å²) >= 11 is 0. The Morgan fingerprint density at radius 3 is 2.49 bits per heavy atom. The average molecular weight is 666 g/mol. The van der Waals surface area contributed by atoms with Crippen LogP contribution in [0, 0.1) is 11.3 Å². The summed E-state index contributed by atoms with van der Waals surface area (Å²) in [6.45, 7) is 8.94. The molecule has 5 rings (SSSR count). The first-order chi connectivity index (χ1) is 23.6. The van der Waals surface area contributed by atoms with Crippen LogP contribution in [0.2, 0.25) is 0 Å². The van der Waals surface area contributed by atoms with E-state index in [0.717, 1.165) is 17.7 Å². The maximum atomic E-state index is 13.8. The van der Waals surface area contributed by atoms with Crippen molar-refractivity contribution < 1.29 is 14.3 Å². The van der Waals surface area contributed by atoms with Crippen LogP contribution in [0.25, 0.3) is 5.57 Å². The van der Waals surface area contributed by atoms with E-state index in [1.807, 2.05) is 56.0 Å². The van der Waals surface area contributed by atoms with Gasteiger partial charge in [0.05, 0.1) is 30.0 Å². The van der Waals surface area contributed by atoms with Crippen LogP contribution in [0.4, 0.5) is 17.1 Å². The molecule has 0 radical (unpaired) electrons. The third kappa shape index (κ3) is 8.45. The number of hydrogen-bond donors (Lipinski definition) is 4. The standard InChI is InChI=1S/C37H47N9O3/c1-4-45(31-10-11-33(39)32(21-31)36(40)28-7-12-34(42-22-28)49-25(2)3)37(48)29-13-17-43(23-29)24-35(47)44-18-14-27(15-19-44)26-5-8-30(9-6-26)46(41)20-16-38/h5-12,14,16,20-22,25,29,40H,4,13,15,17-19,23-24,38-39,41H2,1-3H3/b20-16-,40-36?. The molecule has 1 unspecified atom stereocenters. The molecule has 2 amide bonds. The van der Waals surface area contributed by atoms with E-state index in [0.29, 0.717) is 67.5 Å². The molecular weight excluding hydrogens is 618 g/mol. The van der Waals surface area contributed by atoms with Gasteiger partial charge in [-0.3, -0.25) is 24.9 Å². The van der Waals surface area contributed by atoms with Crippen LogP contribution in [0.1, 0.15) is 50.3 Å². The molecule has 258 valence electrons. The molecule has 12 nitrogen and oxygen atoms in total. The first-order valence-electron chi connectivity index (χ1n) is 16.7. The van der Waals surface area contributed by atoms with Crippen molar-refractivity contribution in [3.05, 3.63) is 96.0 Å². The fourth-order valence-corrected chi connectivity index (χ4v) is 6.26. The Labute approximate surface area is 288 Å². The Balaban J connectivity index is 1.17. The number of hydrogen-bond acceptors (Lipinski definition) is 10. The molecule has 3 heterocycles. The maximum absolute atomic E-state index is 13.8. The molecule has 2 aliphatic rings. The number of carbonyl (C=O) groups excluding carboxylic acids is 2. The first-order valence-corrected chi connectivity index (χ1v) is 16.7. The summed E-state index contributed by atoms with van der Waals surface area (Å²) < 4.78 is 5.63. The van der Waals surface area contributed by atoms with E-state index >= 15 is 0 Å². The van der Waals surface area contributed by atoms with Gasteiger partial charge in [-0.2, -0.15) is 0 Å². The molecule has 2 aliphatic heterocycles. The van der Waals surface area contributed by atoms with Gasteiger partial charge in [-0.15, -0.1) is 0 Å². The molecule has 0 saturated carbocycles. The average Bonchev–Trinajstić information content (AvgIpc) is 3.57. The summed E-state index contributed by atoms with van der Waals surface area (Å²) in [6, 6.07) is 16.8. The van der Waals surface area contributed by atoms with E-state index in [1.165, 1.54) is 16.8 Å². The molecule has 0 bridgehead atoms. The summed E-state index contributed by atoms with van der Waals surface area (Å²) in [4.78, 5) is 37.1. The lowest BCUT2D eigenvalue weighted by atomic mass is 9.99. The van der Waals surface area contributed by atoms with Gasteiger partial charge < -0.3 is 26.0 Å². The Bertz CT molecular complexity index is 1700. The van der Waals surface area contributed by atoms with E-state index in [4.69, 9.17) is 27.5 Å². The van der Waals surface area contributed by atoms with Crippen molar-refractivity contribution in [2.45, 2.75) is 39.7 Å². The fourth-order valence-electron chi connectivity index (χ4n) is 6.26. The van der Waals surface area contributed by atoms with Crippen LogP contribution in [0.5, 0.6) is 5.88 Å². The van der Waals surface area contributed by atoms with Crippen molar-refractivity contribution >= 4 is 40.2 Å². The van der Waals surface area contributed by atoms with Crippen molar-refractivity contribution in [2.24, 2.45) is 17.5 Å². The van der Waals surface area contributed by atoms with Gasteiger partial charge >= 0.3 is 0 Å². The van der Waals surface area contributed by atoms with Gasteiger partial charge in [0.1, 0.15) is 0 Å². The van der Waals surface area contributed by atoms with Gasteiger partial charge in [-0.25, -0.2) is 10.8 Å². The van der Waals surface area contributed by atoms with Crippen molar-refractivity contribution in [2.75, 3.05) is 54.9 Å². The molecule has 7 N–H and O–H groups in total. The van der Waals surface area contributed by atoms with Crippen LogP contribution in [0.3, 0.4) is 0 Å². The minimum atomic E-state index is -0.230. The number of nitrogen functional groups attached to an aromatic ring is 1. The molecule has 0 spiro atoms. The second kappa shape index (κ2) is 15.8. The molecule has 1 aromatic heterocycles. The number of benzene rings is 2. The monoisotopic (exact) mass is 665 g/mol. The smallest absolute Gasteiger partial charge is 0.237 e. The second-order valence-corrected chi connectivity index (χ2v) is 12.6. The number of pyridine rings is 1. The van der Waals surface area contributed by atoms with Crippen LogP contribution in [-0.2, 0) is 9.59 Å². The maximum Gasteiger partial charge on any atom is 0.237 e. The number of nitrogens with one attached hydrogen (secondary N) is 1. The summed E-state index contributed by atoms with van der Waals surface area (Å²) in [7, 11) is 0. The zero-order valence-corrected chi connectivity index (χ0v) is 28.5. The predicted octanol–water partition coefficient (Wildman–Crippen LogP) is 3.97. The van der Waals surface area contributed by atoms with E-state index in [9.17, 15) is 9.59 Å². The quantitative estimate of drug-likeness (QED) is 0.0967. The minimum Gasteiger partial charge on any atom is -0.475 e. The van der Waals surface area contributed by atoms with Crippen LogP contribution in [0.15, 0.2) is 79.3 Å². The van der Waals surface area contributed by atoms with Crippen molar-refractivity contribution in [3.8, 4) is 5.88 Å². The highest BCUT2D eigenvalue weighted by Gasteiger charge is 2.33. The number of anilines is 3. The number of nitrogens with zero attached hydrogens (tertiary/aromatic N) is 5. The van der Waals surface area contributed by atoms with Gasteiger partial charge in [-0.05, 0) is 87.7 Å². The minimum absolute atomic E-state index is 0.00357. The number of nitrogens with two attached hydrogens (primary N) is 3. The third-order valence-electron chi connectivity index (χ3n) is 8.91. The number of rotatable bonds is 12. The van der Waals surface area contributed by atoms with E-state index in [2.05, 4.69) is 16.0 Å². The van der Waals surface area contributed by atoms with Gasteiger partial charge in [0.25, 0.3) is 0 Å². The van der Waals surface area contributed by atoms with E-state index in [1.54, 1.807) is 41.6 Å². The van der Waals surface area contributed by atoms with Gasteiger partial charge in [0.2, 0.25) is 17.7 Å². The number of amides is 2. The topological polar surface area (TPSA) is 171 Å². The fraction of sp³-hybridized carbons (Fsp3) is 0.351. The van der Waals surface area contributed by atoms with Gasteiger partial charge in [-0.1, -0.05) is 18.2 Å². The molecule has 49 heavy (non-hydrogen) atoms. The van der Waals surface area contributed by atoms with E-state index in [-0.39, 0.29) is 36.1 Å². The number of hydrazine groups is 1. The molecule has 1 saturated heterocycles. The Kier molecular flexibility index (Phi) is 11.3. The number of ether oxygens (including phenoxy) is 1. The highest BCUT2D eigenvalue weighted by atomic mass is 16.5. The highest BCUT2D eigenvalue weighted by Crippen LogP contribution is 2.28. The van der Waals surface area contributed by atoms with Gasteiger partial charge in [0.15, 0.2) is 0 Å². The summed E-state index contributed by atoms with van der Waals surface area (Å²) in [6.07, 6.45) is 8.12. The van der Waals surface area contributed by atoms with Crippen LogP contribution in [-0.4, -0.2) is 77.7 Å². The highest BCUT2D eigenvalue weighted by molar-refractivity contribution is 6.14. The SMILES string of the molecule is CCN(C(=O)C1CCN(CC(=O)N2CC=C(c3ccc(N(N)/C=C\N)cc3)CC2)C1)c1ccc(N)c(C(=N)c2ccc(OC(C)C)nc2)c1. The lowest BCUT2D eigenvalue weighted by molar-refractivity contribution is -0.132. The van der Waals surface area contributed by atoms with Crippen molar-refractivity contribution in [1.82, 2.24) is 14.8 Å². The second-order valence-electron chi connectivity index (χ2n) is 12.6. The zero-order valence-electron chi connectivity index (χ0n) is 28.5. The third-order valence-corrected chi connectivity index (χ3v) is 8.91. The molecule has 1 atom stereocenters. The van der Waals surface area contributed by atoms with Gasteiger partial charge in [0, 0.05) is 73.3 Å². The molecule has 3 aromatic rings. The van der Waals surface area contributed by atoms with Crippen molar-refractivity contribution in [3.63, 3.8) is 0 Å². The molecule has 2 aromatic carbocycles. The lowest BCUT2D eigenvalue weighted by Gasteiger charge is -2.29. The summed E-state index contributed by atoms with van der Waals surface area (Å²) in [5.74, 6) is 6.28. The Hall–Kier alpha value is -5.20. The normalized spacial score (nSPS) is 16.6. The zero-order chi connectivity index (χ0) is 35.1. The Morgan fingerprint density at radius 2 is 1.86 bits per heavy atom. The first kappa shape index (κ1) is 35.1. The van der Waals surface area contributed by atoms with Crippen LogP contribution >= 0.6 is 0 Å². The molecule has 1 fully saturated rings. The lowest BCUT2D eigenvalue weighted by Crippen LogP contribution is -2.42. The predicted molar refractivity (Wildman–Crippen MR) is 195 cm³/mol.